The van der Waals surface area contributed by atoms with E-state index in [1.807, 2.05) is 35.2 Å². The lowest BCUT2D eigenvalue weighted by atomic mass is 10.1. The molecule has 1 N–H and O–H groups in total. The van der Waals surface area contributed by atoms with E-state index in [1.165, 1.54) is 11.5 Å². The van der Waals surface area contributed by atoms with Gasteiger partial charge in [0.15, 0.2) is 5.82 Å². The molecule has 140 valence electrons. The van der Waals surface area contributed by atoms with E-state index in [2.05, 4.69) is 33.4 Å². The zero-order valence-electron chi connectivity index (χ0n) is 15.5. The molecule has 26 heavy (non-hydrogen) atoms. The molecule has 1 aliphatic heterocycles. The van der Waals surface area contributed by atoms with E-state index in [4.69, 9.17) is 0 Å². The number of aromatic nitrogens is 2. The Morgan fingerprint density at radius 1 is 1.19 bits per heavy atom. The fraction of sp³-hybridized carbons (Fsp3) is 0.526. The predicted octanol–water partition coefficient (Wildman–Crippen LogP) is 2.63. The van der Waals surface area contributed by atoms with Gasteiger partial charge in [-0.15, -0.1) is 0 Å². The number of carbonyl (C=O) groups excluding carboxylic acids is 1. The molecule has 1 aliphatic rings. The summed E-state index contributed by atoms with van der Waals surface area (Å²) >= 11 is 1.43. The minimum atomic E-state index is -0.0623. The van der Waals surface area contributed by atoms with Crippen LogP contribution in [0.4, 0.5) is 5.13 Å². The average Bonchev–Trinajstić information content (AvgIpc) is 3.19. The highest BCUT2D eigenvalue weighted by Crippen LogP contribution is 2.24. The minimum absolute atomic E-state index is 0.0623. The summed E-state index contributed by atoms with van der Waals surface area (Å²) in [5.74, 6) is 1.00. The summed E-state index contributed by atoms with van der Waals surface area (Å²) in [6, 6.07) is 9.97. The maximum Gasteiger partial charge on any atom is 0.239 e. The second kappa shape index (κ2) is 9.09. The van der Waals surface area contributed by atoms with Crippen molar-refractivity contribution in [3.8, 4) is 11.4 Å². The Morgan fingerprint density at radius 3 is 2.58 bits per heavy atom. The van der Waals surface area contributed by atoms with Crippen LogP contribution in [0.25, 0.3) is 11.4 Å². The lowest BCUT2D eigenvalue weighted by Crippen LogP contribution is -2.54. The third-order valence-corrected chi connectivity index (χ3v) is 5.43. The second-order valence-electron chi connectivity index (χ2n) is 6.49. The fourth-order valence-electron chi connectivity index (χ4n) is 3.11. The standard InChI is InChI=1S/C19H27N5OS/c1-3-10-20-16(4-2)18(25)23-11-13-24(14-12-23)19-21-17(22-26-19)15-8-6-5-7-9-15/h5-9,16,20H,3-4,10-14H2,1-2H3. The molecule has 1 unspecified atom stereocenters. The molecule has 1 saturated heterocycles. The molecule has 2 heterocycles. The molecule has 3 rings (SSSR count). The van der Waals surface area contributed by atoms with E-state index in [1.54, 1.807) is 0 Å². The van der Waals surface area contributed by atoms with Crippen molar-refractivity contribution in [1.82, 2.24) is 19.6 Å². The summed E-state index contributed by atoms with van der Waals surface area (Å²) in [6.45, 7) is 8.16. The van der Waals surface area contributed by atoms with Crippen LogP contribution in [0, 0.1) is 0 Å². The SMILES string of the molecule is CCCNC(CC)C(=O)N1CCN(c2nc(-c3ccccc3)ns2)CC1. The summed E-state index contributed by atoms with van der Waals surface area (Å²) in [5.41, 5.74) is 1.04. The number of hydrogen-bond acceptors (Lipinski definition) is 6. The highest BCUT2D eigenvalue weighted by atomic mass is 32.1. The number of piperazine rings is 1. The molecular formula is C19H27N5OS. The zero-order valence-corrected chi connectivity index (χ0v) is 16.3. The number of benzene rings is 1. The van der Waals surface area contributed by atoms with E-state index >= 15 is 0 Å². The lowest BCUT2D eigenvalue weighted by molar-refractivity contribution is -0.133. The van der Waals surface area contributed by atoms with Crippen molar-refractivity contribution in [3.05, 3.63) is 30.3 Å². The largest absolute Gasteiger partial charge is 0.343 e. The normalized spacial score (nSPS) is 15.9. The van der Waals surface area contributed by atoms with Crippen molar-refractivity contribution in [2.45, 2.75) is 32.7 Å². The summed E-state index contributed by atoms with van der Waals surface area (Å²) < 4.78 is 4.49. The first-order valence-corrected chi connectivity index (χ1v) is 10.2. The van der Waals surface area contributed by atoms with Crippen LogP contribution in [-0.4, -0.2) is 58.9 Å². The molecule has 0 bridgehead atoms. The number of nitrogens with zero attached hydrogens (tertiary/aromatic N) is 4. The second-order valence-corrected chi connectivity index (χ2v) is 7.22. The van der Waals surface area contributed by atoms with Crippen molar-refractivity contribution < 1.29 is 4.79 Å². The van der Waals surface area contributed by atoms with Crippen LogP contribution in [0.5, 0.6) is 0 Å². The highest BCUT2D eigenvalue weighted by Gasteiger charge is 2.27. The summed E-state index contributed by atoms with van der Waals surface area (Å²) in [5, 5.41) is 4.29. The highest BCUT2D eigenvalue weighted by molar-refractivity contribution is 7.09. The average molecular weight is 374 g/mol. The molecule has 0 saturated carbocycles. The van der Waals surface area contributed by atoms with Gasteiger partial charge >= 0.3 is 0 Å². The topological polar surface area (TPSA) is 61.4 Å². The van der Waals surface area contributed by atoms with Gasteiger partial charge in [-0.05, 0) is 19.4 Å². The van der Waals surface area contributed by atoms with Crippen molar-refractivity contribution in [2.24, 2.45) is 0 Å². The number of carbonyl (C=O) groups is 1. The Labute approximate surface area is 159 Å². The van der Waals surface area contributed by atoms with Crippen molar-refractivity contribution >= 4 is 22.6 Å². The van der Waals surface area contributed by atoms with Crippen LogP contribution >= 0.6 is 11.5 Å². The maximum atomic E-state index is 12.7. The Morgan fingerprint density at radius 2 is 1.92 bits per heavy atom. The van der Waals surface area contributed by atoms with Gasteiger partial charge in [0.2, 0.25) is 11.0 Å². The number of hydrogen-bond donors (Lipinski definition) is 1. The van der Waals surface area contributed by atoms with Gasteiger partial charge in [0.1, 0.15) is 0 Å². The van der Waals surface area contributed by atoms with Crippen LogP contribution < -0.4 is 10.2 Å². The maximum absolute atomic E-state index is 12.7. The van der Waals surface area contributed by atoms with Gasteiger partial charge in [0, 0.05) is 43.3 Å². The smallest absolute Gasteiger partial charge is 0.239 e. The van der Waals surface area contributed by atoms with Gasteiger partial charge in [-0.3, -0.25) is 4.79 Å². The van der Waals surface area contributed by atoms with E-state index in [0.29, 0.717) is 0 Å². The summed E-state index contributed by atoms with van der Waals surface area (Å²) in [4.78, 5) is 21.6. The third kappa shape index (κ3) is 4.40. The zero-order chi connectivity index (χ0) is 18.4. The van der Waals surface area contributed by atoms with Crippen LogP contribution in [0.1, 0.15) is 26.7 Å². The lowest BCUT2D eigenvalue weighted by Gasteiger charge is -2.36. The molecule has 6 nitrogen and oxygen atoms in total. The molecule has 0 aliphatic carbocycles. The van der Waals surface area contributed by atoms with Crippen molar-refractivity contribution in [2.75, 3.05) is 37.6 Å². The predicted molar refractivity (Wildman–Crippen MR) is 107 cm³/mol. The molecule has 1 atom stereocenters. The van der Waals surface area contributed by atoms with E-state index in [9.17, 15) is 4.79 Å². The van der Waals surface area contributed by atoms with Crippen LogP contribution in [-0.2, 0) is 4.79 Å². The molecule has 7 heteroatoms. The Bertz CT molecular complexity index is 697. The van der Waals surface area contributed by atoms with Crippen LogP contribution in [0.15, 0.2) is 30.3 Å². The number of rotatable bonds is 7. The Hall–Kier alpha value is -1.99. The van der Waals surface area contributed by atoms with Crippen LogP contribution in [0.2, 0.25) is 0 Å². The Balaban J connectivity index is 1.57. The first kappa shape index (κ1) is 18.8. The molecule has 0 radical (unpaired) electrons. The molecular weight excluding hydrogens is 346 g/mol. The molecule has 0 spiro atoms. The third-order valence-electron chi connectivity index (χ3n) is 4.66. The number of nitrogens with one attached hydrogen (secondary N) is 1. The van der Waals surface area contributed by atoms with Crippen molar-refractivity contribution in [3.63, 3.8) is 0 Å². The number of amides is 1. The fourth-order valence-corrected chi connectivity index (χ4v) is 3.85. The first-order chi connectivity index (χ1) is 12.7. The van der Waals surface area contributed by atoms with Crippen LogP contribution in [0.3, 0.4) is 0 Å². The van der Waals surface area contributed by atoms with Gasteiger partial charge in [0.25, 0.3) is 0 Å². The van der Waals surface area contributed by atoms with Gasteiger partial charge in [-0.1, -0.05) is 44.2 Å². The first-order valence-electron chi connectivity index (χ1n) is 9.39. The van der Waals surface area contributed by atoms with Gasteiger partial charge in [-0.2, -0.15) is 9.36 Å². The summed E-state index contributed by atoms with van der Waals surface area (Å²) in [6.07, 6.45) is 1.87. The quantitative estimate of drug-likeness (QED) is 0.808. The van der Waals surface area contributed by atoms with E-state index in [-0.39, 0.29) is 11.9 Å². The molecule has 1 amide bonds. The Kier molecular flexibility index (Phi) is 6.57. The van der Waals surface area contributed by atoms with Gasteiger partial charge in [0.05, 0.1) is 6.04 Å². The van der Waals surface area contributed by atoms with Gasteiger partial charge in [-0.25, -0.2) is 0 Å². The minimum Gasteiger partial charge on any atom is -0.343 e. The van der Waals surface area contributed by atoms with Gasteiger partial charge < -0.3 is 15.1 Å². The van der Waals surface area contributed by atoms with E-state index < -0.39 is 0 Å². The summed E-state index contributed by atoms with van der Waals surface area (Å²) in [7, 11) is 0. The van der Waals surface area contributed by atoms with Crippen molar-refractivity contribution in [1.29, 1.82) is 0 Å². The monoisotopic (exact) mass is 373 g/mol. The van der Waals surface area contributed by atoms with E-state index in [0.717, 1.165) is 62.1 Å². The molecule has 1 fully saturated rings. The molecule has 1 aromatic carbocycles. The number of anilines is 1. The molecule has 2 aromatic rings. The molecule has 1 aromatic heterocycles.